The van der Waals surface area contributed by atoms with Crippen LogP contribution in [0.25, 0.3) is 11.4 Å². The van der Waals surface area contributed by atoms with Gasteiger partial charge in [0.2, 0.25) is 5.91 Å². The van der Waals surface area contributed by atoms with Gasteiger partial charge in [-0.3, -0.25) is 9.36 Å². The van der Waals surface area contributed by atoms with Crippen molar-refractivity contribution in [3.8, 4) is 11.4 Å². The summed E-state index contributed by atoms with van der Waals surface area (Å²) in [5.74, 6) is 1.13. The fourth-order valence-corrected chi connectivity index (χ4v) is 4.09. The van der Waals surface area contributed by atoms with E-state index in [1.165, 1.54) is 11.8 Å². The molecule has 1 fully saturated rings. The normalized spacial score (nSPS) is 14.1. The van der Waals surface area contributed by atoms with Crippen molar-refractivity contribution in [3.05, 3.63) is 40.9 Å². The molecule has 0 bridgehead atoms. The third-order valence-corrected chi connectivity index (χ3v) is 5.48. The number of aromatic nitrogens is 3. The van der Waals surface area contributed by atoms with Crippen LogP contribution in [0, 0.1) is 0 Å². The van der Waals surface area contributed by atoms with Crippen molar-refractivity contribution in [2.45, 2.75) is 24.5 Å². The van der Waals surface area contributed by atoms with Crippen molar-refractivity contribution in [2.24, 2.45) is 0 Å². The van der Waals surface area contributed by atoms with Crippen LogP contribution in [0.3, 0.4) is 0 Å². The molecule has 1 aromatic carbocycles. The van der Waals surface area contributed by atoms with Crippen LogP contribution in [0.15, 0.2) is 36.0 Å². The third kappa shape index (κ3) is 4.19. The molecule has 0 saturated carbocycles. The van der Waals surface area contributed by atoms with Crippen LogP contribution in [0.5, 0.6) is 0 Å². The van der Waals surface area contributed by atoms with Crippen molar-refractivity contribution >= 4 is 40.9 Å². The molecule has 2 aromatic rings. The Balaban J connectivity index is 1.81. The number of allylic oxidation sites excluding steroid dienone is 1. The minimum Gasteiger partial charge on any atom is -0.342 e. The standard InChI is InChI=1S/C17H18Cl2N4OS/c1-2-7-23-16(13-6-5-12(18)10-14(13)19)20-21-17(23)25-11-15(24)22-8-3-4-9-22/h2,5-6,10H,1,3-4,7-9,11H2. The first-order valence-corrected chi connectivity index (χ1v) is 9.74. The molecule has 0 aliphatic carbocycles. The van der Waals surface area contributed by atoms with Crippen LogP contribution >= 0.6 is 35.0 Å². The molecule has 0 spiro atoms. The van der Waals surface area contributed by atoms with E-state index in [1.54, 1.807) is 18.2 Å². The number of thioether (sulfide) groups is 1. The molecule has 1 saturated heterocycles. The van der Waals surface area contributed by atoms with E-state index >= 15 is 0 Å². The highest BCUT2D eigenvalue weighted by Gasteiger charge is 2.21. The summed E-state index contributed by atoms with van der Waals surface area (Å²) in [5.41, 5.74) is 0.748. The number of rotatable bonds is 6. The molecule has 25 heavy (non-hydrogen) atoms. The van der Waals surface area contributed by atoms with E-state index in [0.717, 1.165) is 31.5 Å². The smallest absolute Gasteiger partial charge is 0.233 e. The molecular formula is C17H18Cl2N4OS. The first-order valence-electron chi connectivity index (χ1n) is 8.00. The Morgan fingerprint density at radius 1 is 1.28 bits per heavy atom. The lowest BCUT2D eigenvalue weighted by atomic mass is 10.2. The third-order valence-electron chi connectivity index (χ3n) is 3.98. The topological polar surface area (TPSA) is 51.0 Å². The number of halogens is 2. The van der Waals surface area contributed by atoms with Crippen LogP contribution in [0.2, 0.25) is 10.0 Å². The average Bonchev–Trinajstić information content (AvgIpc) is 3.24. The van der Waals surface area contributed by atoms with E-state index in [2.05, 4.69) is 16.8 Å². The van der Waals surface area contributed by atoms with Crippen LogP contribution < -0.4 is 0 Å². The monoisotopic (exact) mass is 396 g/mol. The largest absolute Gasteiger partial charge is 0.342 e. The zero-order valence-corrected chi connectivity index (χ0v) is 15.9. The number of carbonyl (C=O) groups excluding carboxylic acids is 1. The Hall–Kier alpha value is -1.50. The van der Waals surface area contributed by atoms with Gasteiger partial charge in [0.15, 0.2) is 11.0 Å². The fourth-order valence-electron chi connectivity index (χ4n) is 2.74. The number of benzene rings is 1. The van der Waals surface area contributed by atoms with Crippen molar-refractivity contribution in [1.29, 1.82) is 0 Å². The van der Waals surface area contributed by atoms with Crippen molar-refractivity contribution in [1.82, 2.24) is 19.7 Å². The second kappa shape index (κ2) is 8.25. The van der Waals surface area contributed by atoms with Crippen molar-refractivity contribution in [3.63, 3.8) is 0 Å². The Kier molecular flexibility index (Phi) is 6.04. The molecule has 8 heteroatoms. The van der Waals surface area contributed by atoms with Gasteiger partial charge in [0, 0.05) is 30.2 Å². The minimum atomic E-state index is 0.140. The molecule has 1 aromatic heterocycles. The Labute approximate surface area is 161 Å². The molecule has 0 unspecified atom stereocenters. The summed E-state index contributed by atoms with van der Waals surface area (Å²) in [5, 5.41) is 10.2. The summed E-state index contributed by atoms with van der Waals surface area (Å²) >= 11 is 13.7. The maximum Gasteiger partial charge on any atom is 0.233 e. The van der Waals surface area contributed by atoms with Crippen LogP contribution in [-0.4, -0.2) is 44.4 Å². The van der Waals surface area contributed by atoms with E-state index in [1.807, 2.05) is 15.5 Å². The van der Waals surface area contributed by atoms with Gasteiger partial charge in [-0.15, -0.1) is 16.8 Å². The number of likely N-dealkylation sites (tertiary alicyclic amines) is 1. The number of hydrogen-bond donors (Lipinski definition) is 0. The predicted molar refractivity (Wildman–Crippen MR) is 102 cm³/mol. The first kappa shape index (κ1) is 18.3. The maximum atomic E-state index is 12.2. The lowest BCUT2D eigenvalue weighted by Crippen LogP contribution is -2.29. The number of hydrogen-bond acceptors (Lipinski definition) is 4. The number of nitrogens with zero attached hydrogens (tertiary/aromatic N) is 4. The SMILES string of the molecule is C=CCn1c(SCC(=O)N2CCCC2)nnc1-c1ccc(Cl)cc1Cl. The summed E-state index contributed by atoms with van der Waals surface area (Å²) in [6.45, 7) is 6.02. The van der Waals surface area contributed by atoms with Gasteiger partial charge in [-0.1, -0.05) is 41.0 Å². The minimum absolute atomic E-state index is 0.140. The molecule has 0 radical (unpaired) electrons. The van der Waals surface area contributed by atoms with E-state index in [9.17, 15) is 4.79 Å². The molecule has 1 amide bonds. The highest BCUT2D eigenvalue weighted by molar-refractivity contribution is 7.99. The zero-order valence-electron chi connectivity index (χ0n) is 13.6. The molecule has 5 nitrogen and oxygen atoms in total. The summed E-state index contributed by atoms with van der Waals surface area (Å²) in [7, 11) is 0. The second-order valence-corrected chi connectivity index (χ2v) is 7.49. The Bertz CT molecular complexity index is 787. The van der Waals surface area contributed by atoms with E-state index in [4.69, 9.17) is 23.2 Å². The summed E-state index contributed by atoms with van der Waals surface area (Å²) < 4.78 is 1.91. The van der Waals surface area contributed by atoms with Crippen LogP contribution in [0.1, 0.15) is 12.8 Å². The van der Waals surface area contributed by atoms with Gasteiger partial charge in [0.05, 0.1) is 10.8 Å². The fraction of sp³-hybridized carbons (Fsp3) is 0.353. The summed E-state index contributed by atoms with van der Waals surface area (Å²) in [4.78, 5) is 14.1. The Morgan fingerprint density at radius 2 is 2.04 bits per heavy atom. The predicted octanol–water partition coefficient (Wildman–Crippen LogP) is 4.15. The lowest BCUT2D eigenvalue weighted by Gasteiger charge is -2.14. The average molecular weight is 397 g/mol. The molecule has 132 valence electrons. The van der Waals surface area contributed by atoms with E-state index in [-0.39, 0.29) is 5.91 Å². The molecule has 0 N–H and O–H groups in total. The van der Waals surface area contributed by atoms with Crippen LogP contribution in [0.4, 0.5) is 0 Å². The van der Waals surface area contributed by atoms with E-state index < -0.39 is 0 Å². The highest BCUT2D eigenvalue weighted by Crippen LogP contribution is 2.31. The highest BCUT2D eigenvalue weighted by atomic mass is 35.5. The summed E-state index contributed by atoms with van der Waals surface area (Å²) in [6.07, 6.45) is 3.94. The first-order chi connectivity index (χ1) is 12.1. The van der Waals surface area contributed by atoms with Gasteiger partial charge in [-0.2, -0.15) is 0 Å². The quantitative estimate of drug-likeness (QED) is 0.543. The summed E-state index contributed by atoms with van der Waals surface area (Å²) in [6, 6.07) is 5.26. The lowest BCUT2D eigenvalue weighted by molar-refractivity contribution is -0.127. The number of carbonyl (C=O) groups is 1. The van der Waals surface area contributed by atoms with Gasteiger partial charge >= 0.3 is 0 Å². The van der Waals surface area contributed by atoms with Crippen molar-refractivity contribution in [2.75, 3.05) is 18.8 Å². The van der Waals surface area contributed by atoms with Gasteiger partial charge < -0.3 is 4.90 Å². The molecular weight excluding hydrogens is 379 g/mol. The van der Waals surface area contributed by atoms with Gasteiger partial charge in [0.1, 0.15) is 0 Å². The van der Waals surface area contributed by atoms with Crippen molar-refractivity contribution < 1.29 is 4.79 Å². The number of amides is 1. The van der Waals surface area contributed by atoms with Gasteiger partial charge in [0.25, 0.3) is 0 Å². The molecule has 3 rings (SSSR count). The second-order valence-electron chi connectivity index (χ2n) is 5.71. The maximum absolute atomic E-state index is 12.2. The van der Waals surface area contributed by atoms with Gasteiger partial charge in [-0.05, 0) is 31.0 Å². The molecule has 1 aliphatic heterocycles. The van der Waals surface area contributed by atoms with Gasteiger partial charge in [-0.25, -0.2) is 0 Å². The van der Waals surface area contributed by atoms with E-state index in [0.29, 0.717) is 33.3 Å². The zero-order chi connectivity index (χ0) is 17.8. The molecule has 0 atom stereocenters. The van der Waals surface area contributed by atoms with Crippen LogP contribution in [-0.2, 0) is 11.3 Å². The molecule has 2 heterocycles. The molecule has 1 aliphatic rings. The Morgan fingerprint density at radius 3 is 2.72 bits per heavy atom.